The van der Waals surface area contributed by atoms with E-state index in [9.17, 15) is 27.6 Å². The van der Waals surface area contributed by atoms with Crippen LogP contribution in [0, 0.1) is 35.5 Å². The molecule has 2 bridgehead atoms. The van der Waals surface area contributed by atoms with Crippen LogP contribution < -0.4 is 5.43 Å². The second-order valence-electron chi connectivity index (χ2n) is 7.68. The number of halogens is 3. The number of imide groups is 1. The van der Waals surface area contributed by atoms with E-state index < -0.39 is 41.3 Å². The third-order valence-electron chi connectivity index (χ3n) is 6.35. The van der Waals surface area contributed by atoms with Crippen LogP contribution in [0.5, 0.6) is 0 Å². The number of hydrogen-bond donors (Lipinski definition) is 1. The molecule has 1 aromatic rings. The third kappa shape index (κ3) is 2.28. The molecule has 0 spiro atoms. The summed E-state index contributed by atoms with van der Waals surface area (Å²) in [6.07, 6.45) is 0.575. The quantitative estimate of drug-likeness (QED) is 0.637. The fourth-order valence-electron chi connectivity index (χ4n) is 5.04. The molecule has 0 radical (unpaired) electrons. The monoisotopic (exact) mass is 376 g/mol. The van der Waals surface area contributed by atoms with E-state index in [0.717, 1.165) is 35.7 Å². The van der Waals surface area contributed by atoms with Crippen molar-refractivity contribution in [2.24, 2.45) is 35.5 Å². The average molecular weight is 376 g/mol. The topological polar surface area (TPSA) is 66.5 Å². The highest BCUT2D eigenvalue weighted by molar-refractivity contribution is 6.08. The van der Waals surface area contributed by atoms with Gasteiger partial charge in [-0.2, -0.15) is 18.2 Å². The Hall–Kier alpha value is -2.64. The van der Waals surface area contributed by atoms with E-state index in [2.05, 4.69) is 5.43 Å². The molecule has 27 heavy (non-hydrogen) atoms. The molecule has 0 unspecified atom stereocenters. The van der Waals surface area contributed by atoms with E-state index in [4.69, 9.17) is 0 Å². The summed E-state index contributed by atoms with van der Waals surface area (Å²) >= 11 is 0. The van der Waals surface area contributed by atoms with Gasteiger partial charge in [-0.3, -0.25) is 19.8 Å². The van der Waals surface area contributed by atoms with Gasteiger partial charge in [-0.1, -0.05) is 12.2 Å². The summed E-state index contributed by atoms with van der Waals surface area (Å²) in [5.74, 6) is -1.54. The van der Waals surface area contributed by atoms with Gasteiger partial charge in [-0.25, -0.2) is 0 Å². The molecule has 2 saturated carbocycles. The molecule has 6 rings (SSSR count). The normalized spacial score (nSPS) is 35.9. The summed E-state index contributed by atoms with van der Waals surface area (Å²) in [6.45, 7) is 0. The largest absolute Gasteiger partial charge is 0.416 e. The lowest BCUT2D eigenvalue weighted by molar-refractivity contribution is -0.143. The van der Waals surface area contributed by atoms with E-state index in [-0.39, 0.29) is 17.4 Å². The summed E-state index contributed by atoms with van der Waals surface area (Å²) in [6, 6.07) is 3.63. The van der Waals surface area contributed by atoms with E-state index in [1.807, 2.05) is 12.2 Å². The Morgan fingerprint density at radius 2 is 1.48 bits per heavy atom. The van der Waals surface area contributed by atoms with Gasteiger partial charge >= 0.3 is 6.18 Å². The maximum atomic E-state index is 12.8. The SMILES string of the molecule is O=C(NN1C(=O)[C@@H]2[C@@H]3C=C[C@@H]([C@@H]4C[C@@H]34)[C@@H]2C1=O)c1ccc(C(F)(F)F)cc1. The first-order valence-corrected chi connectivity index (χ1v) is 8.82. The lowest BCUT2D eigenvalue weighted by Crippen LogP contribution is -2.46. The van der Waals surface area contributed by atoms with Gasteiger partial charge < -0.3 is 0 Å². The Kier molecular flexibility index (Phi) is 3.19. The molecule has 1 aromatic carbocycles. The van der Waals surface area contributed by atoms with Crippen molar-refractivity contribution in [3.63, 3.8) is 0 Å². The van der Waals surface area contributed by atoms with Crippen molar-refractivity contribution in [3.05, 3.63) is 47.5 Å². The minimum atomic E-state index is -4.50. The number of benzene rings is 1. The molecular formula is C19H15F3N2O3. The smallest absolute Gasteiger partial charge is 0.272 e. The van der Waals surface area contributed by atoms with Crippen LogP contribution in [0.25, 0.3) is 0 Å². The number of amides is 3. The molecule has 4 aliphatic carbocycles. The number of nitrogens with one attached hydrogen (secondary N) is 1. The fraction of sp³-hybridized carbons (Fsp3) is 0.421. The number of rotatable bonds is 2. The number of nitrogens with zero attached hydrogens (tertiary/aromatic N) is 1. The first-order chi connectivity index (χ1) is 12.8. The molecule has 1 heterocycles. The zero-order chi connectivity index (χ0) is 19.1. The van der Waals surface area contributed by atoms with Crippen LogP contribution in [0.3, 0.4) is 0 Å². The molecule has 0 aromatic heterocycles. The Morgan fingerprint density at radius 3 is 1.96 bits per heavy atom. The predicted molar refractivity (Wildman–Crippen MR) is 85.5 cm³/mol. The van der Waals surface area contributed by atoms with E-state index in [1.165, 1.54) is 0 Å². The number of alkyl halides is 3. The van der Waals surface area contributed by atoms with E-state index in [0.29, 0.717) is 11.8 Å². The molecule has 1 saturated heterocycles. The lowest BCUT2D eigenvalue weighted by atomic mass is 9.63. The van der Waals surface area contributed by atoms with Gasteiger partial charge in [0.2, 0.25) is 0 Å². The summed E-state index contributed by atoms with van der Waals surface area (Å²) in [5.41, 5.74) is 1.37. The first kappa shape index (κ1) is 16.5. The lowest BCUT2D eigenvalue weighted by Gasteiger charge is -2.37. The molecular weight excluding hydrogens is 361 g/mol. The van der Waals surface area contributed by atoms with Gasteiger partial charge in [-0.05, 0) is 54.4 Å². The minimum Gasteiger partial charge on any atom is -0.272 e. The number of carbonyl (C=O) groups is 3. The highest BCUT2D eigenvalue weighted by atomic mass is 19.4. The van der Waals surface area contributed by atoms with E-state index in [1.54, 1.807) is 0 Å². The molecule has 8 heteroatoms. The molecule has 5 nitrogen and oxygen atoms in total. The van der Waals surface area contributed by atoms with Crippen molar-refractivity contribution in [1.29, 1.82) is 0 Å². The van der Waals surface area contributed by atoms with Crippen LogP contribution in [0.2, 0.25) is 0 Å². The Morgan fingerprint density at radius 1 is 0.963 bits per heavy atom. The number of allylic oxidation sites excluding steroid dienone is 2. The Labute approximate surface area is 152 Å². The second kappa shape index (κ2) is 5.21. The van der Waals surface area contributed by atoms with Gasteiger partial charge in [0.15, 0.2) is 0 Å². The maximum absolute atomic E-state index is 12.8. The number of hydrogen-bond acceptors (Lipinski definition) is 3. The van der Waals surface area contributed by atoms with Crippen molar-refractivity contribution in [1.82, 2.24) is 10.4 Å². The van der Waals surface area contributed by atoms with Gasteiger partial charge in [-0.15, -0.1) is 0 Å². The molecule has 5 aliphatic rings. The van der Waals surface area contributed by atoms with Gasteiger partial charge in [0.05, 0.1) is 17.4 Å². The Balaban J connectivity index is 1.35. The Bertz CT molecular complexity index is 856. The van der Waals surface area contributed by atoms with Crippen molar-refractivity contribution >= 4 is 17.7 Å². The highest BCUT2D eigenvalue weighted by Gasteiger charge is 2.67. The van der Waals surface area contributed by atoms with E-state index >= 15 is 0 Å². The average Bonchev–Trinajstić information content (AvgIpc) is 3.42. The summed E-state index contributed by atoms with van der Waals surface area (Å²) in [5, 5.41) is 0.771. The minimum absolute atomic E-state index is 0.0365. The van der Waals surface area contributed by atoms with Crippen molar-refractivity contribution in [2.75, 3.05) is 0 Å². The third-order valence-corrected chi connectivity index (χ3v) is 6.35. The first-order valence-electron chi connectivity index (χ1n) is 8.82. The van der Waals surface area contributed by atoms with Crippen LogP contribution >= 0.6 is 0 Å². The predicted octanol–water partition coefficient (Wildman–Crippen LogP) is 2.40. The fourth-order valence-corrected chi connectivity index (χ4v) is 5.04. The summed E-state index contributed by atoms with van der Waals surface area (Å²) in [4.78, 5) is 37.9. The molecule has 3 amide bonds. The van der Waals surface area contributed by atoms with Crippen LogP contribution in [-0.4, -0.2) is 22.7 Å². The zero-order valence-electron chi connectivity index (χ0n) is 13.9. The van der Waals surface area contributed by atoms with Crippen molar-refractivity contribution in [3.8, 4) is 0 Å². The summed E-state index contributed by atoms with van der Waals surface area (Å²) in [7, 11) is 0. The molecule has 6 atom stereocenters. The number of hydrazine groups is 1. The zero-order valence-corrected chi connectivity index (χ0v) is 13.9. The molecule has 140 valence electrons. The second-order valence-corrected chi connectivity index (χ2v) is 7.68. The number of carbonyl (C=O) groups excluding carboxylic acids is 3. The standard InChI is InChI=1S/C19H15F3N2O3/c20-19(21,22)9-3-1-8(2-4-9)16(25)23-24-17(26)14-10-5-6-11(13-7-12(10)13)15(14)18(24)27/h1-6,10-15H,7H2,(H,23,25)/t10-,11+,12-,13-,14-,15+/m0/s1. The van der Waals surface area contributed by atoms with Gasteiger partial charge in [0, 0.05) is 5.56 Å². The molecule has 1 aliphatic heterocycles. The molecule has 3 fully saturated rings. The van der Waals surface area contributed by atoms with Crippen LogP contribution in [0.4, 0.5) is 13.2 Å². The van der Waals surface area contributed by atoms with Crippen molar-refractivity contribution in [2.45, 2.75) is 12.6 Å². The highest BCUT2D eigenvalue weighted by Crippen LogP contribution is 2.65. The van der Waals surface area contributed by atoms with Crippen LogP contribution in [0.15, 0.2) is 36.4 Å². The van der Waals surface area contributed by atoms with Crippen molar-refractivity contribution < 1.29 is 27.6 Å². The van der Waals surface area contributed by atoms with Gasteiger partial charge in [0.1, 0.15) is 0 Å². The van der Waals surface area contributed by atoms with Crippen LogP contribution in [0.1, 0.15) is 22.3 Å². The van der Waals surface area contributed by atoms with Gasteiger partial charge in [0.25, 0.3) is 17.7 Å². The van der Waals surface area contributed by atoms with Crippen LogP contribution in [-0.2, 0) is 15.8 Å². The summed E-state index contributed by atoms with van der Waals surface area (Å²) < 4.78 is 37.9. The molecule has 1 N–H and O–H groups in total. The maximum Gasteiger partial charge on any atom is 0.416 e.